The lowest BCUT2D eigenvalue weighted by atomic mass is 9.90. The van der Waals surface area contributed by atoms with Gasteiger partial charge in [-0.15, -0.1) is 0 Å². The van der Waals surface area contributed by atoms with E-state index in [-0.39, 0.29) is 5.41 Å². The first-order chi connectivity index (χ1) is 9.07. The lowest BCUT2D eigenvalue weighted by molar-refractivity contribution is 0.418. The Bertz CT molecular complexity index is 602. The largest absolute Gasteiger partial charge is 0.347 e. The second-order valence-corrected chi connectivity index (χ2v) is 5.67. The van der Waals surface area contributed by atoms with Crippen LogP contribution in [0.25, 0.3) is 10.9 Å². The molecule has 0 aliphatic rings. The van der Waals surface area contributed by atoms with E-state index >= 15 is 0 Å². The fourth-order valence-electron chi connectivity index (χ4n) is 2.42. The molecule has 0 aliphatic carbocycles. The van der Waals surface area contributed by atoms with E-state index in [2.05, 4.69) is 35.0 Å². The number of rotatable bonds is 5. The van der Waals surface area contributed by atoms with Crippen LogP contribution < -0.4 is 5.73 Å². The molecule has 2 aromatic rings. The summed E-state index contributed by atoms with van der Waals surface area (Å²) in [7, 11) is 0. The third kappa shape index (κ3) is 2.97. The Hall–Kier alpha value is -1.79. The third-order valence-corrected chi connectivity index (χ3v) is 3.59. The molecule has 3 nitrogen and oxygen atoms in total. The smallest absolute Gasteiger partial charge is 0.0683 e. The molecule has 1 aromatic carbocycles. The van der Waals surface area contributed by atoms with Gasteiger partial charge in [0.05, 0.1) is 11.5 Å². The quantitative estimate of drug-likeness (QED) is 0.889. The van der Waals surface area contributed by atoms with Crippen LogP contribution >= 0.6 is 0 Å². The van der Waals surface area contributed by atoms with E-state index in [1.165, 1.54) is 16.5 Å². The molecule has 0 atom stereocenters. The van der Waals surface area contributed by atoms with E-state index in [9.17, 15) is 0 Å². The molecule has 0 saturated heterocycles. The van der Waals surface area contributed by atoms with Crippen molar-refractivity contribution in [2.24, 2.45) is 11.1 Å². The van der Waals surface area contributed by atoms with Gasteiger partial charge in [-0.05, 0) is 38.3 Å². The Kier molecular flexibility index (Phi) is 3.92. The first-order valence-corrected chi connectivity index (χ1v) is 6.75. The summed E-state index contributed by atoms with van der Waals surface area (Å²) in [5, 5.41) is 10.3. The summed E-state index contributed by atoms with van der Waals surface area (Å²) in [6.07, 6.45) is 4.06. The minimum atomic E-state index is -0.236. The number of aromatic nitrogens is 1. The van der Waals surface area contributed by atoms with Gasteiger partial charge >= 0.3 is 0 Å². The average Bonchev–Trinajstić information content (AvgIpc) is 2.77. The average molecular weight is 255 g/mol. The standard InChI is InChI=1S/C16H21N3/c1-16(2,12-18)8-5-9-19-11-13(10-17)14-6-3-4-7-15(14)19/h3-4,6-7,11H,5,8-10,17H2,1-2H3. The highest BCUT2D eigenvalue weighted by atomic mass is 15.0. The normalized spacial score (nSPS) is 11.7. The highest BCUT2D eigenvalue weighted by Crippen LogP contribution is 2.24. The number of aryl methyl sites for hydroxylation is 1. The van der Waals surface area contributed by atoms with Crippen LogP contribution in [-0.4, -0.2) is 4.57 Å². The maximum absolute atomic E-state index is 9.03. The number of nitriles is 1. The zero-order valence-electron chi connectivity index (χ0n) is 11.7. The second kappa shape index (κ2) is 5.46. The highest BCUT2D eigenvalue weighted by molar-refractivity contribution is 5.83. The molecule has 3 heteroatoms. The van der Waals surface area contributed by atoms with E-state index in [4.69, 9.17) is 11.0 Å². The molecule has 0 amide bonds. The monoisotopic (exact) mass is 255 g/mol. The van der Waals surface area contributed by atoms with Gasteiger partial charge in [-0.25, -0.2) is 0 Å². The molecule has 0 fully saturated rings. The molecule has 0 aliphatic heterocycles. The molecule has 19 heavy (non-hydrogen) atoms. The molecule has 1 aromatic heterocycles. The van der Waals surface area contributed by atoms with Crippen molar-refractivity contribution in [3.05, 3.63) is 36.0 Å². The van der Waals surface area contributed by atoms with Gasteiger partial charge in [0.15, 0.2) is 0 Å². The van der Waals surface area contributed by atoms with Gasteiger partial charge in [-0.1, -0.05) is 18.2 Å². The Morgan fingerprint density at radius 1 is 1.32 bits per heavy atom. The number of fused-ring (bicyclic) bond motifs is 1. The van der Waals surface area contributed by atoms with Gasteiger partial charge in [0.1, 0.15) is 0 Å². The molecule has 0 unspecified atom stereocenters. The minimum Gasteiger partial charge on any atom is -0.347 e. The maximum atomic E-state index is 9.03. The molecule has 0 spiro atoms. The van der Waals surface area contributed by atoms with E-state index in [0.29, 0.717) is 6.54 Å². The summed E-state index contributed by atoms with van der Waals surface area (Å²) in [4.78, 5) is 0. The van der Waals surface area contributed by atoms with Crippen LogP contribution in [-0.2, 0) is 13.1 Å². The molecule has 1 heterocycles. The first kappa shape index (κ1) is 13.6. The number of benzene rings is 1. The van der Waals surface area contributed by atoms with Gasteiger partial charge in [0.2, 0.25) is 0 Å². The lowest BCUT2D eigenvalue weighted by Gasteiger charge is -2.15. The van der Waals surface area contributed by atoms with Crippen LogP contribution in [0.2, 0.25) is 0 Å². The summed E-state index contributed by atoms with van der Waals surface area (Å²) in [5.41, 5.74) is 7.98. The zero-order chi connectivity index (χ0) is 13.9. The Labute approximate surface area is 114 Å². The predicted octanol–water partition coefficient (Wildman–Crippen LogP) is 3.43. The van der Waals surface area contributed by atoms with Crippen molar-refractivity contribution < 1.29 is 0 Å². The van der Waals surface area contributed by atoms with Crippen molar-refractivity contribution in [3.8, 4) is 6.07 Å². The zero-order valence-corrected chi connectivity index (χ0v) is 11.7. The Balaban J connectivity index is 2.16. The highest BCUT2D eigenvalue weighted by Gasteiger charge is 2.16. The van der Waals surface area contributed by atoms with Crippen LogP contribution in [0.3, 0.4) is 0 Å². The minimum absolute atomic E-state index is 0.236. The molecular formula is C16H21N3. The van der Waals surface area contributed by atoms with Crippen molar-refractivity contribution >= 4 is 10.9 Å². The topological polar surface area (TPSA) is 54.7 Å². The van der Waals surface area contributed by atoms with Crippen molar-refractivity contribution in [3.63, 3.8) is 0 Å². The van der Waals surface area contributed by atoms with Gasteiger partial charge < -0.3 is 10.3 Å². The summed E-state index contributed by atoms with van der Waals surface area (Å²) < 4.78 is 2.25. The van der Waals surface area contributed by atoms with Crippen LogP contribution in [0.5, 0.6) is 0 Å². The summed E-state index contributed by atoms with van der Waals surface area (Å²) in [6.45, 7) is 5.49. The predicted molar refractivity (Wildman–Crippen MR) is 78.5 cm³/mol. The maximum Gasteiger partial charge on any atom is 0.0683 e. The third-order valence-electron chi connectivity index (χ3n) is 3.59. The number of nitrogens with two attached hydrogens (primary N) is 1. The summed E-state index contributed by atoms with van der Waals surface area (Å²) in [6, 6.07) is 10.7. The van der Waals surface area contributed by atoms with Crippen LogP contribution in [0.15, 0.2) is 30.5 Å². The molecule has 0 radical (unpaired) electrons. The van der Waals surface area contributed by atoms with Gasteiger partial charge in [0.25, 0.3) is 0 Å². The van der Waals surface area contributed by atoms with Crippen molar-refractivity contribution in [2.75, 3.05) is 0 Å². The number of para-hydroxylation sites is 1. The van der Waals surface area contributed by atoms with Crippen LogP contribution in [0.4, 0.5) is 0 Å². The van der Waals surface area contributed by atoms with E-state index < -0.39 is 0 Å². The second-order valence-electron chi connectivity index (χ2n) is 5.67. The molecule has 100 valence electrons. The fourth-order valence-corrected chi connectivity index (χ4v) is 2.42. The Morgan fingerprint density at radius 3 is 2.74 bits per heavy atom. The van der Waals surface area contributed by atoms with E-state index in [1.54, 1.807) is 0 Å². The van der Waals surface area contributed by atoms with Gasteiger partial charge in [-0.3, -0.25) is 0 Å². The number of nitrogens with zero attached hydrogens (tertiary/aromatic N) is 2. The van der Waals surface area contributed by atoms with Crippen molar-refractivity contribution in [2.45, 2.75) is 39.8 Å². The molecular weight excluding hydrogens is 234 g/mol. The van der Waals surface area contributed by atoms with Crippen LogP contribution in [0.1, 0.15) is 32.3 Å². The molecule has 2 rings (SSSR count). The van der Waals surface area contributed by atoms with Crippen molar-refractivity contribution in [1.82, 2.24) is 4.57 Å². The summed E-state index contributed by atoms with van der Waals surface area (Å²) in [5.74, 6) is 0. The van der Waals surface area contributed by atoms with Gasteiger partial charge in [-0.2, -0.15) is 5.26 Å². The van der Waals surface area contributed by atoms with Gasteiger partial charge in [0, 0.05) is 30.2 Å². The number of hydrogen-bond acceptors (Lipinski definition) is 2. The molecule has 0 saturated carbocycles. The SMILES string of the molecule is CC(C)(C#N)CCCn1cc(CN)c2ccccc21. The first-order valence-electron chi connectivity index (χ1n) is 6.75. The fraction of sp³-hybridized carbons (Fsp3) is 0.438. The van der Waals surface area contributed by atoms with Crippen LogP contribution in [0, 0.1) is 16.7 Å². The Morgan fingerprint density at radius 2 is 2.05 bits per heavy atom. The summed E-state index contributed by atoms with van der Waals surface area (Å²) >= 11 is 0. The van der Waals surface area contributed by atoms with Crippen molar-refractivity contribution in [1.29, 1.82) is 5.26 Å². The molecule has 0 bridgehead atoms. The van der Waals surface area contributed by atoms with E-state index in [1.807, 2.05) is 19.9 Å². The molecule has 2 N–H and O–H groups in total. The van der Waals surface area contributed by atoms with E-state index in [0.717, 1.165) is 19.4 Å². The number of hydrogen-bond donors (Lipinski definition) is 1. The lowest BCUT2D eigenvalue weighted by Crippen LogP contribution is -2.09.